The summed E-state index contributed by atoms with van der Waals surface area (Å²) in [5.41, 5.74) is 3.06. The molecule has 1 amide bonds. The molecule has 0 aliphatic carbocycles. The highest BCUT2D eigenvalue weighted by Crippen LogP contribution is 2.22. The lowest BCUT2D eigenvalue weighted by Crippen LogP contribution is -2.50. The number of hydrogen-bond acceptors (Lipinski definition) is 7. The molecule has 0 spiro atoms. The first kappa shape index (κ1) is 26.0. The van der Waals surface area contributed by atoms with E-state index in [2.05, 4.69) is 35.1 Å². The normalized spacial score (nSPS) is 13.8. The largest absolute Gasteiger partial charge is 0.477 e. The van der Waals surface area contributed by atoms with Gasteiger partial charge in [-0.05, 0) is 55.2 Å². The number of carboxylic acid groups (broad SMARTS) is 1. The van der Waals surface area contributed by atoms with Crippen molar-refractivity contribution in [3.05, 3.63) is 79.2 Å². The van der Waals surface area contributed by atoms with Crippen molar-refractivity contribution in [3.8, 4) is 17.9 Å². The minimum Gasteiger partial charge on any atom is -0.477 e. The van der Waals surface area contributed by atoms with Gasteiger partial charge in [-0.25, -0.2) is 9.80 Å². The number of hydrazine groups is 1. The van der Waals surface area contributed by atoms with Crippen molar-refractivity contribution in [2.24, 2.45) is 0 Å². The van der Waals surface area contributed by atoms with Gasteiger partial charge in [0.25, 0.3) is 5.24 Å². The van der Waals surface area contributed by atoms with Crippen LogP contribution in [0.2, 0.25) is 0 Å². The van der Waals surface area contributed by atoms with E-state index in [0.29, 0.717) is 22.7 Å². The molecule has 1 aliphatic rings. The van der Waals surface area contributed by atoms with E-state index in [-0.39, 0.29) is 5.24 Å². The average Bonchev–Trinajstić information content (AvgIpc) is 3.55. The quantitative estimate of drug-likeness (QED) is 0.278. The van der Waals surface area contributed by atoms with E-state index >= 15 is 0 Å². The first-order valence-corrected chi connectivity index (χ1v) is 14.3. The highest BCUT2D eigenvalue weighted by molar-refractivity contribution is 8.13. The van der Waals surface area contributed by atoms with E-state index in [4.69, 9.17) is 10.4 Å². The van der Waals surface area contributed by atoms with Crippen LogP contribution in [0.1, 0.15) is 49.0 Å². The number of nitrogens with zero attached hydrogens (tertiary/aromatic N) is 3. The summed E-state index contributed by atoms with van der Waals surface area (Å²) in [6, 6.07) is 15.7. The zero-order valence-corrected chi connectivity index (χ0v) is 22.1. The van der Waals surface area contributed by atoms with E-state index < -0.39 is 5.97 Å². The topological polar surface area (TPSA) is 84.6 Å². The van der Waals surface area contributed by atoms with Gasteiger partial charge in [-0.15, -0.1) is 22.7 Å². The Kier molecular flexibility index (Phi) is 9.21. The predicted octanol–water partition coefficient (Wildman–Crippen LogP) is 5.73. The Hall–Kier alpha value is -3.08. The summed E-state index contributed by atoms with van der Waals surface area (Å²) in [7, 11) is 0. The van der Waals surface area contributed by atoms with Gasteiger partial charge in [0, 0.05) is 53.2 Å². The highest BCUT2D eigenvalue weighted by atomic mass is 32.2. The van der Waals surface area contributed by atoms with Crippen LogP contribution >= 0.6 is 34.4 Å². The molecule has 0 unspecified atom stereocenters. The lowest BCUT2D eigenvalue weighted by molar-refractivity contribution is 0.0270. The Morgan fingerprint density at radius 1 is 1.06 bits per heavy atom. The van der Waals surface area contributed by atoms with Gasteiger partial charge < -0.3 is 5.11 Å². The molecule has 0 atom stereocenters. The second kappa shape index (κ2) is 12.8. The van der Waals surface area contributed by atoms with Gasteiger partial charge in [0.15, 0.2) is 0 Å². The Morgan fingerprint density at radius 3 is 2.69 bits per heavy atom. The van der Waals surface area contributed by atoms with Gasteiger partial charge in [-0.3, -0.25) is 9.80 Å². The smallest absolute Gasteiger partial charge is 0.345 e. The Bertz CT molecular complexity index is 1330. The summed E-state index contributed by atoms with van der Waals surface area (Å²) in [5.74, 6) is 6.19. The van der Waals surface area contributed by atoms with Crippen molar-refractivity contribution in [3.63, 3.8) is 0 Å². The monoisotopic (exact) mass is 535 g/mol. The van der Waals surface area contributed by atoms with E-state index in [1.807, 2.05) is 34.7 Å². The summed E-state index contributed by atoms with van der Waals surface area (Å²) in [4.78, 5) is 25.6. The van der Waals surface area contributed by atoms with Crippen LogP contribution < -0.4 is 0 Å². The fraction of sp³-hybridized carbons (Fsp3) is 0.296. The summed E-state index contributed by atoms with van der Waals surface area (Å²) in [5, 5.41) is 24.0. The van der Waals surface area contributed by atoms with Crippen LogP contribution in [0.15, 0.2) is 47.8 Å². The maximum atomic E-state index is 12.5. The maximum Gasteiger partial charge on any atom is 0.345 e. The van der Waals surface area contributed by atoms with Crippen molar-refractivity contribution >= 4 is 45.6 Å². The molecule has 1 saturated heterocycles. The molecule has 184 valence electrons. The lowest BCUT2D eigenvalue weighted by atomic mass is 10.1. The zero-order valence-electron chi connectivity index (χ0n) is 19.6. The summed E-state index contributed by atoms with van der Waals surface area (Å²) in [6.45, 7) is 2.21. The molecule has 0 saturated carbocycles. The van der Waals surface area contributed by atoms with Crippen LogP contribution in [0.5, 0.6) is 0 Å². The average molecular weight is 536 g/mol. The van der Waals surface area contributed by atoms with Crippen molar-refractivity contribution in [1.82, 2.24) is 10.0 Å². The van der Waals surface area contributed by atoms with Crippen LogP contribution in [-0.2, 0) is 12.8 Å². The molecule has 1 N–H and O–H groups in total. The molecule has 2 aromatic heterocycles. The number of nitriles is 1. The SMILES string of the molecule is N#Cc1cc(C#Cc2cccc(CCCCN3CCSC(=O)N3CCc3ccc(C(=O)O)s3)c2)cs1. The van der Waals surface area contributed by atoms with Crippen molar-refractivity contribution < 1.29 is 14.7 Å². The molecule has 3 heterocycles. The molecule has 36 heavy (non-hydrogen) atoms. The number of amides is 1. The maximum absolute atomic E-state index is 12.5. The predicted molar refractivity (Wildman–Crippen MR) is 146 cm³/mol. The van der Waals surface area contributed by atoms with Gasteiger partial charge >= 0.3 is 5.97 Å². The van der Waals surface area contributed by atoms with Crippen LogP contribution in [-0.4, -0.2) is 51.7 Å². The number of thiophene rings is 2. The molecule has 1 aliphatic heterocycles. The Morgan fingerprint density at radius 2 is 1.92 bits per heavy atom. The van der Waals surface area contributed by atoms with Crippen LogP contribution in [0.25, 0.3) is 0 Å². The molecule has 1 fully saturated rings. The number of rotatable bonds is 9. The van der Waals surface area contributed by atoms with Gasteiger partial charge in [0.1, 0.15) is 15.8 Å². The van der Waals surface area contributed by atoms with Crippen LogP contribution in [0.3, 0.4) is 0 Å². The number of hydrogen-bond donors (Lipinski definition) is 1. The minimum absolute atomic E-state index is 0.0649. The third-order valence-electron chi connectivity index (χ3n) is 5.69. The number of carbonyl (C=O) groups is 2. The first-order chi connectivity index (χ1) is 17.5. The number of aryl methyl sites for hydroxylation is 1. The van der Waals surface area contributed by atoms with E-state index in [0.717, 1.165) is 54.1 Å². The Labute approximate surface area is 223 Å². The number of unbranched alkanes of at least 4 members (excludes halogenated alkanes) is 1. The second-order valence-corrected chi connectivity index (χ2v) is 11.4. The number of aromatic carboxylic acids is 1. The highest BCUT2D eigenvalue weighted by Gasteiger charge is 2.26. The second-order valence-electron chi connectivity index (χ2n) is 8.23. The molecule has 0 radical (unpaired) electrons. The fourth-order valence-corrected chi connectivity index (χ4v) is 6.19. The minimum atomic E-state index is -0.910. The zero-order chi connectivity index (χ0) is 25.3. The van der Waals surface area contributed by atoms with E-state index in [1.165, 1.54) is 40.0 Å². The number of thioether (sulfide) groups is 1. The van der Waals surface area contributed by atoms with E-state index in [1.54, 1.807) is 6.07 Å². The molecule has 6 nitrogen and oxygen atoms in total. The van der Waals surface area contributed by atoms with Crippen molar-refractivity contribution in [1.29, 1.82) is 5.26 Å². The molecule has 0 bridgehead atoms. The van der Waals surface area contributed by atoms with Crippen molar-refractivity contribution in [2.45, 2.75) is 25.7 Å². The fourth-order valence-electron chi connectivity index (χ4n) is 3.89. The van der Waals surface area contributed by atoms with Crippen LogP contribution in [0, 0.1) is 23.2 Å². The number of carboxylic acids is 1. The molecular formula is C27H25N3O3S3. The molecule has 1 aromatic carbocycles. The third kappa shape index (κ3) is 7.22. The molecule has 9 heteroatoms. The molecule has 3 aromatic rings. The number of benzene rings is 1. The first-order valence-electron chi connectivity index (χ1n) is 11.6. The number of carbonyl (C=O) groups excluding carboxylic acids is 1. The van der Waals surface area contributed by atoms with Gasteiger partial charge in [-0.1, -0.05) is 35.7 Å². The van der Waals surface area contributed by atoms with Crippen LogP contribution in [0.4, 0.5) is 4.79 Å². The molecular weight excluding hydrogens is 511 g/mol. The summed E-state index contributed by atoms with van der Waals surface area (Å²) < 4.78 is 0. The lowest BCUT2D eigenvalue weighted by Gasteiger charge is -2.38. The third-order valence-corrected chi connectivity index (χ3v) is 8.50. The standard InChI is InChI=1S/C27H25N3O3S3/c28-18-24-17-22(19-35-24)8-7-21-6-3-5-20(16-21)4-1-2-12-29-14-15-34-27(33)30(29)13-11-23-9-10-25(36-23)26(31)32/h3,5-6,9-10,16-17,19H,1-2,4,11-15H2,(H,31,32). The molecule has 4 rings (SSSR count). The Balaban J connectivity index is 1.26. The van der Waals surface area contributed by atoms with Crippen molar-refractivity contribution in [2.75, 3.05) is 25.4 Å². The summed E-state index contributed by atoms with van der Waals surface area (Å²) in [6.07, 6.45) is 3.57. The van der Waals surface area contributed by atoms with Gasteiger partial charge in [-0.2, -0.15) is 5.26 Å². The van der Waals surface area contributed by atoms with Gasteiger partial charge in [0.05, 0.1) is 0 Å². The van der Waals surface area contributed by atoms with E-state index in [9.17, 15) is 9.59 Å². The van der Waals surface area contributed by atoms with Gasteiger partial charge in [0.2, 0.25) is 0 Å². The summed E-state index contributed by atoms with van der Waals surface area (Å²) >= 11 is 4.02.